The van der Waals surface area contributed by atoms with Crippen LogP contribution in [0.15, 0.2) is 28.5 Å². The molecule has 2 unspecified atom stereocenters. The highest BCUT2D eigenvalue weighted by molar-refractivity contribution is 6.25. The number of nitriles is 1. The summed E-state index contributed by atoms with van der Waals surface area (Å²) in [5.41, 5.74) is 2.20. The molecule has 13 nitrogen and oxygen atoms in total. The fraction of sp³-hybridized carbons (Fsp3) is 0.559. The summed E-state index contributed by atoms with van der Waals surface area (Å²) in [6.07, 6.45) is -0.189. The number of hydrogen-bond donors (Lipinski definition) is 3. The highest BCUT2D eigenvalue weighted by atomic mass is 16.6. The van der Waals surface area contributed by atoms with Gasteiger partial charge in [0.25, 0.3) is 0 Å². The van der Waals surface area contributed by atoms with Crippen LogP contribution in [0, 0.1) is 18.3 Å². The van der Waals surface area contributed by atoms with Crippen LogP contribution in [0.2, 0.25) is 0 Å². The fourth-order valence-corrected chi connectivity index (χ4v) is 7.71. The standard InChI is InChI=1S/C34H43N5O8/c1-15-10-18-11-20-22(13-35)39-21(26(38(20)7)24(18)28(41)30(15)45-8)12-19-25(29(42)31(46-9)16(2)27(19)40)23(39)14-36-32(43)17(3)37-33(44)47-34(4,5)6/h10,17,20-23,26,41H,11-12,14H2,1-9H3,(H,36,43)(H,37,44)/t17-,20?,21?,22-,23-,26+/m0/s1. The minimum Gasteiger partial charge on any atom is -0.504 e. The molecule has 1 aromatic carbocycles. The lowest BCUT2D eigenvalue weighted by atomic mass is 9.69. The van der Waals surface area contributed by atoms with Crippen LogP contribution in [0.4, 0.5) is 4.79 Å². The third-order valence-corrected chi connectivity index (χ3v) is 9.66. The quantitative estimate of drug-likeness (QED) is 0.387. The van der Waals surface area contributed by atoms with E-state index in [-0.39, 0.29) is 47.4 Å². The number of phenolic OH excluding ortho intramolecular Hbond substituents is 1. The van der Waals surface area contributed by atoms with Crippen LogP contribution in [0.1, 0.15) is 63.8 Å². The molecule has 3 N–H and O–H groups in total. The first kappa shape index (κ1) is 33.9. The van der Waals surface area contributed by atoms with Crippen LogP contribution in [-0.4, -0.2) is 102 Å². The maximum atomic E-state index is 14.0. The lowest BCUT2D eigenvalue weighted by Gasteiger charge is -2.60. The van der Waals surface area contributed by atoms with Gasteiger partial charge in [0.2, 0.25) is 11.7 Å². The normalized spacial score (nSPS) is 26.4. The maximum absolute atomic E-state index is 14.0. The molecule has 6 atom stereocenters. The number of fused-ring (bicyclic) bond motifs is 6. The third-order valence-electron chi connectivity index (χ3n) is 9.66. The van der Waals surface area contributed by atoms with E-state index in [1.807, 2.05) is 24.9 Å². The molecule has 0 radical (unpaired) electrons. The van der Waals surface area contributed by atoms with E-state index in [9.17, 15) is 29.5 Å². The van der Waals surface area contributed by atoms with E-state index in [4.69, 9.17) is 14.2 Å². The van der Waals surface area contributed by atoms with Crippen molar-refractivity contribution in [3.8, 4) is 17.6 Å². The van der Waals surface area contributed by atoms with Crippen LogP contribution in [0.5, 0.6) is 11.5 Å². The Morgan fingerprint density at radius 3 is 2.40 bits per heavy atom. The van der Waals surface area contributed by atoms with Gasteiger partial charge in [-0.3, -0.25) is 24.2 Å². The number of alkyl carbamates (subject to hydrolysis) is 1. The monoisotopic (exact) mass is 649 g/mol. The molecule has 47 heavy (non-hydrogen) atoms. The summed E-state index contributed by atoms with van der Waals surface area (Å²) < 4.78 is 16.2. The molecule has 0 saturated carbocycles. The minimum absolute atomic E-state index is 0.00335. The van der Waals surface area contributed by atoms with Crippen molar-refractivity contribution in [2.75, 3.05) is 27.8 Å². The number of nitrogens with one attached hydrogen (secondary N) is 2. The zero-order valence-electron chi connectivity index (χ0n) is 28.3. The lowest BCUT2D eigenvalue weighted by Crippen LogP contribution is -2.71. The molecular weight excluding hydrogens is 606 g/mol. The number of carbonyl (C=O) groups is 4. The van der Waals surface area contributed by atoms with Gasteiger partial charge in [-0.2, -0.15) is 5.26 Å². The van der Waals surface area contributed by atoms with Gasteiger partial charge in [-0.25, -0.2) is 4.79 Å². The molecule has 252 valence electrons. The summed E-state index contributed by atoms with van der Waals surface area (Å²) >= 11 is 0. The zero-order chi connectivity index (χ0) is 34.7. The number of allylic oxidation sites excluding steroid dienone is 2. The first-order valence-corrected chi connectivity index (χ1v) is 15.7. The summed E-state index contributed by atoms with van der Waals surface area (Å²) in [7, 11) is 4.72. The van der Waals surface area contributed by atoms with Crippen molar-refractivity contribution in [3.05, 3.63) is 45.2 Å². The van der Waals surface area contributed by atoms with Gasteiger partial charge in [0, 0.05) is 40.9 Å². The largest absolute Gasteiger partial charge is 0.504 e. The second kappa shape index (κ2) is 12.3. The molecular formula is C34H43N5O8. The molecule has 4 aliphatic rings. The van der Waals surface area contributed by atoms with Gasteiger partial charge >= 0.3 is 6.09 Å². The number of methoxy groups -OCH3 is 2. The van der Waals surface area contributed by atoms with Crippen molar-refractivity contribution in [2.24, 2.45) is 0 Å². The van der Waals surface area contributed by atoms with Crippen LogP contribution in [0.25, 0.3) is 0 Å². The molecule has 3 aliphatic heterocycles. The molecule has 1 fully saturated rings. The fourth-order valence-electron chi connectivity index (χ4n) is 7.71. The number of ether oxygens (including phenoxy) is 3. The predicted molar refractivity (Wildman–Crippen MR) is 169 cm³/mol. The summed E-state index contributed by atoms with van der Waals surface area (Å²) in [5, 5.41) is 27.6. The lowest BCUT2D eigenvalue weighted by molar-refractivity contribution is -0.125. The first-order valence-electron chi connectivity index (χ1n) is 15.7. The Hall–Kier alpha value is -4.41. The van der Waals surface area contributed by atoms with Gasteiger partial charge < -0.3 is 30.0 Å². The number of aryl methyl sites for hydroxylation is 1. The summed E-state index contributed by atoms with van der Waals surface area (Å²) in [6, 6.07) is 0.472. The summed E-state index contributed by atoms with van der Waals surface area (Å²) in [6.45, 7) is 9.90. The number of piperazine rings is 1. The van der Waals surface area contributed by atoms with E-state index < -0.39 is 53.6 Å². The van der Waals surface area contributed by atoms with Crippen LogP contribution in [-0.2, 0) is 30.3 Å². The molecule has 1 aromatic rings. The number of carbonyl (C=O) groups excluding carboxylic acids is 4. The molecule has 2 bridgehead atoms. The number of nitrogens with zero attached hydrogens (tertiary/aromatic N) is 3. The number of benzene rings is 1. The topological polar surface area (TPSA) is 171 Å². The number of hydrogen-bond acceptors (Lipinski definition) is 11. The van der Waals surface area contributed by atoms with Gasteiger partial charge in [-0.1, -0.05) is 6.07 Å². The molecule has 5 rings (SSSR count). The van der Waals surface area contributed by atoms with E-state index in [0.717, 1.165) is 11.1 Å². The third kappa shape index (κ3) is 5.63. The van der Waals surface area contributed by atoms with Crippen molar-refractivity contribution in [1.82, 2.24) is 20.4 Å². The van der Waals surface area contributed by atoms with E-state index in [1.165, 1.54) is 21.1 Å². The first-order chi connectivity index (χ1) is 22.1. The van der Waals surface area contributed by atoms with Gasteiger partial charge in [-0.15, -0.1) is 0 Å². The summed E-state index contributed by atoms with van der Waals surface area (Å²) in [5.74, 6) is -1.08. The molecule has 3 heterocycles. The predicted octanol–water partition coefficient (Wildman–Crippen LogP) is 2.35. The Morgan fingerprint density at radius 2 is 1.81 bits per heavy atom. The van der Waals surface area contributed by atoms with Crippen molar-refractivity contribution in [3.63, 3.8) is 0 Å². The van der Waals surface area contributed by atoms with Crippen LogP contribution >= 0.6 is 0 Å². The second-order valence-electron chi connectivity index (χ2n) is 13.7. The number of ketones is 2. The van der Waals surface area contributed by atoms with Gasteiger partial charge in [0.05, 0.1) is 32.4 Å². The molecule has 0 aromatic heterocycles. The van der Waals surface area contributed by atoms with Crippen molar-refractivity contribution in [1.29, 1.82) is 5.26 Å². The van der Waals surface area contributed by atoms with Gasteiger partial charge in [0.15, 0.2) is 23.0 Å². The SMILES string of the molecule is COC1=C(C)C(=O)C2=C(C1=O)[C@H](CNC(=O)[C@H](C)NC(=O)OC(C)(C)C)N1C(C2)[C@@H]2c3c(cc(C)c(OC)c3O)CC([C@@H]1C#N)N2C. The molecule has 1 aliphatic carbocycles. The second-order valence-corrected chi connectivity index (χ2v) is 13.7. The molecule has 1 saturated heterocycles. The highest BCUT2D eigenvalue weighted by Gasteiger charge is 2.58. The number of likely N-dealkylation sites (N-methyl/N-ethyl adjacent to an activating group) is 1. The number of rotatable bonds is 6. The summed E-state index contributed by atoms with van der Waals surface area (Å²) in [4.78, 5) is 57.5. The molecule has 2 amide bonds. The van der Waals surface area contributed by atoms with Crippen molar-refractivity contribution < 1.29 is 38.5 Å². The van der Waals surface area contributed by atoms with E-state index in [2.05, 4.69) is 21.6 Å². The van der Waals surface area contributed by atoms with Gasteiger partial charge in [0.1, 0.15) is 17.7 Å². The Kier molecular flexibility index (Phi) is 8.89. The number of Topliss-reactive ketones (excluding diaryl/α,β-unsaturated/α-hetero) is 2. The van der Waals surface area contributed by atoms with E-state index in [1.54, 1.807) is 27.7 Å². The zero-order valence-corrected chi connectivity index (χ0v) is 28.3. The average molecular weight is 650 g/mol. The van der Waals surface area contributed by atoms with Crippen LogP contribution < -0.4 is 15.4 Å². The number of amides is 2. The molecule has 13 heteroatoms. The smallest absolute Gasteiger partial charge is 0.408 e. The van der Waals surface area contributed by atoms with Crippen molar-refractivity contribution >= 4 is 23.6 Å². The number of aromatic hydroxyl groups is 1. The Morgan fingerprint density at radius 1 is 1.13 bits per heavy atom. The maximum Gasteiger partial charge on any atom is 0.408 e. The van der Waals surface area contributed by atoms with Crippen molar-refractivity contribution in [2.45, 2.75) is 96.2 Å². The number of phenols is 1. The highest BCUT2D eigenvalue weighted by Crippen LogP contribution is 2.53. The van der Waals surface area contributed by atoms with E-state index in [0.29, 0.717) is 23.3 Å². The van der Waals surface area contributed by atoms with E-state index >= 15 is 0 Å². The Labute approximate surface area is 274 Å². The Balaban J connectivity index is 1.59. The van der Waals surface area contributed by atoms with Crippen LogP contribution in [0.3, 0.4) is 0 Å². The Bertz CT molecular complexity index is 1650. The van der Waals surface area contributed by atoms with Gasteiger partial charge in [-0.05, 0) is 72.6 Å². The minimum atomic E-state index is -0.990. The molecule has 0 spiro atoms. The average Bonchev–Trinajstić information content (AvgIpc) is 2.98.